The van der Waals surface area contributed by atoms with Crippen molar-refractivity contribution in [2.45, 2.75) is 6.92 Å². The van der Waals surface area contributed by atoms with E-state index in [0.29, 0.717) is 22.7 Å². The zero-order valence-corrected chi connectivity index (χ0v) is 11.6. The van der Waals surface area contributed by atoms with Crippen LogP contribution < -0.4 is 15.8 Å². The second-order valence-electron chi connectivity index (χ2n) is 4.57. The highest BCUT2D eigenvalue weighted by Gasteiger charge is 2.07. The number of carbonyl (C=O) groups is 1. The minimum atomic E-state index is -0.292. The number of ether oxygens (including phenoxy) is 1. The van der Waals surface area contributed by atoms with Crippen LogP contribution in [0.3, 0.4) is 0 Å². The third kappa shape index (κ3) is 3.98. The van der Waals surface area contributed by atoms with E-state index in [9.17, 15) is 4.79 Å². The van der Waals surface area contributed by atoms with Gasteiger partial charge in [-0.1, -0.05) is 17.7 Å². The summed E-state index contributed by atoms with van der Waals surface area (Å²) >= 11 is 0. The van der Waals surface area contributed by atoms with Crippen LogP contribution in [0.2, 0.25) is 0 Å². The molecule has 0 aliphatic carbocycles. The fourth-order valence-electron chi connectivity index (χ4n) is 1.74. The highest BCUT2D eigenvalue weighted by molar-refractivity contribution is 5.91. The lowest BCUT2D eigenvalue weighted by Crippen LogP contribution is -2.20. The van der Waals surface area contributed by atoms with E-state index >= 15 is 0 Å². The molecule has 2 aromatic carbocycles. The van der Waals surface area contributed by atoms with Crippen LogP contribution in [0.5, 0.6) is 5.75 Å². The van der Waals surface area contributed by atoms with Gasteiger partial charge in [0, 0.05) is 11.4 Å². The van der Waals surface area contributed by atoms with Crippen LogP contribution in [0, 0.1) is 18.3 Å². The Morgan fingerprint density at radius 2 is 2.00 bits per heavy atom. The number of nitrogen functional groups attached to an aromatic ring is 1. The molecule has 2 aromatic rings. The van der Waals surface area contributed by atoms with Crippen LogP contribution in [0.25, 0.3) is 0 Å². The van der Waals surface area contributed by atoms with Gasteiger partial charge in [0.15, 0.2) is 6.61 Å². The number of rotatable bonds is 4. The fourth-order valence-corrected chi connectivity index (χ4v) is 1.74. The number of hydrogen-bond donors (Lipinski definition) is 2. The van der Waals surface area contributed by atoms with Crippen molar-refractivity contribution < 1.29 is 9.53 Å². The monoisotopic (exact) mass is 281 g/mol. The summed E-state index contributed by atoms with van der Waals surface area (Å²) in [4.78, 5) is 11.8. The molecule has 0 aliphatic heterocycles. The molecule has 0 unspecified atom stereocenters. The van der Waals surface area contributed by atoms with E-state index in [1.807, 2.05) is 37.3 Å². The van der Waals surface area contributed by atoms with Crippen molar-refractivity contribution in [2.75, 3.05) is 17.7 Å². The van der Waals surface area contributed by atoms with E-state index < -0.39 is 0 Å². The van der Waals surface area contributed by atoms with E-state index in [-0.39, 0.29) is 12.5 Å². The summed E-state index contributed by atoms with van der Waals surface area (Å²) in [7, 11) is 0. The van der Waals surface area contributed by atoms with Gasteiger partial charge in [-0.3, -0.25) is 4.79 Å². The maximum absolute atomic E-state index is 11.8. The van der Waals surface area contributed by atoms with Crippen LogP contribution in [0.1, 0.15) is 11.1 Å². The number of nitriles is 1. The normalized spacial score (nSPS) is 9.71. The Morgan fingerprint density at radius 3 is 2.67 bits per heavy atom. The fraction of sp³-hybridized carbons (Fsp3) is 0.125. The lowest BCUT2D eigenvalue weighted by atomic mass is 10.2. The van der Waals surface area contributed by atoms with Crippen molar-refractivity contribution in [2.24, 2.45) is 0 Å². The van der Waals surface area contributed by atoms with Crippen LogP contribution in [0.15, 0.2) is 42.5 Å². The van der Waals surface area contributed by atoms with Gasteiger partial charge in [-0.2, -0.15) is 5.26 Å². The SMILES string of the molecule is Cc1ccc(NC(=O)COc2ccc(N)cc2C#N)cc1. The van der Waals surface area contributed by atoms with Gasteiger partial charge in [0.2, 0.25) is 0 Å². The number of amides is 1. The Balaban J connectivity index is 1.95. The minimum absolute atomic E-state index is 0.174. The summed E-state index contributed by atoms with van der Waals surface area (Å²) in [5, 5.41) is 11.7. The van der Waals surface area contributed by atoms with E-state index in [2.05, 4.69) is 5.32 Å². The topological polar surface area (TPSA) is 88.1 Å². The smallest absolute Gasteiger partial charge is 0.262 e. The summed E-state index contributed by atoms with van der Waals surface area (Å²) in [5.74, 6) is 0.0466. The molecule has 5 nitrogen and oxygen atoms in total. The molecule has 0 radical (unpaired) electrons. The van der Waals surface area contributed by atoms with Gasteiger partial charge >= 0.3 is 0 Å². The largest absolute Gasteiger partial charge is 0.482 e. The molecule has 0 fully saturated rings. The van der Waals surface area contributed by atoms with Gasteiger partial charge in [-0.15, -0.1) is 0 Å². The molecule has 0 aliphatic rings. The van der Waals surface area contributed by atoms with E-state index in [1.165, 1.54) is 6.07 Å². The average Bonchev–Trinajstić information content (AvgIpc) is 2.48. The van der Waals surface area contributed by atoms with Crippen molar-refractivity contribution in [3.63, 3.8) is 0 Å². The van der Waals surface area contributed by atoms with Gasteiger partial charge in [-0.25, -0.2) is 0 Å². The Morgan fingerprint density at radius 1 is 1.29 bits per heavy atom. The first-order chi connectivity index (χ1) is 10.1. The summed E-state index contributed by atoms with van der Waals surface area (Å²) < 4.78 is 5.35. The molecule has 3 N–H and O–H groups in total. The van der Waals surface area contributed by atoms with Gasteiger partial charge in [-0.05, 0) is 37.3 Å². The molecule has 0 saturated heterocycles. The van der Waals surface area contributed by atoms with Crippen LogP contribution in [-0.2, 0) is 4.79 Å². The maximum atomic E-state index is 11.8. The van der Waals surface area contributed by atoms with Gasteiger partial charge in [0.05, 0.1) is 5.56 Å². The third-order valence-corrected chi connectivity index (χ3v) is 2.82. The number of carbonyl (C=O) groups excluding carboxylic acids is 1. The Kier molecular flexibility index (Phi) is 4.42. The molecule has 0 heterocycles. The second kappa shape index (κ2) is 6.44. The van der Waals surface area contributed by atoms with Crippen molar-refractivity contribution in [3.8, 4) is 11.8 Å². The minimum Gasteiger partial charge on any atom is -0.482 e. The Hall–Kier alpha value is -3.00. The number of nitrogens with zero attached hydrogens (tertiary/aromatic N) is 1. The van der Waals surface area contributed by atoms with Crippen LogP contribution >= 0.6 is 0 Å². The zero-order valence-electron chi connectivity index (χ0n) is 11.6. The first-order valence-electron chi connectivity index (χ1n) is 6.37. The lowest BCUT2D eigenvalue weighted by molar-refractivity contribution is -0.118. The predicted molar refractivity (Wildman–Crippen MR) is 80.9 cm³/mol. The standard InChI is InChI=1S/C16H15N3O2/c1-11-2-5-14(6-3-11)19-16(20)10-21-15-7-4-13(18)8-12(15)9-17/h2-8H,10,18H2,1H3,(H,19,20). The molecule has 0 bridgehead atoms. The molecule has 21 heavy (non-hydrogen) atoms. The summed E-state index contributed by atoms with van der Waals surface area (Å²) in [6.07, 6.45) is 0. The Labute approximate surface area is 123 Å². The summed E-state index contributed by atoms with van der Waals surface area (Å²) in [6.45, 7) is 1.80. The molecule has 0 spiro atoms. The molecule has 0 saturated carbocycles. The number of anilines is 2. The third-order valence-electron chi connectivity index (χ3n) is 2.82. The van der Waals surface area contributed by atoms with Gasteiger partial charge < -0.3 is 15.8 Å². The Bertz CT molecular complexity index is 688. The number of aryl methyl sites for hydroxylation is 1. The number of nitrogens with two attached hydrogens (primary N) is 1. The summed E-state index contributed by atoms with van der Waals surface area (Å²) in [6, 6.07) is 14.1. The maximum Gasteiger partial charge on any atom is 0.262 e. The van der Waals surface area contributed by atoms with E-state index in [0.717, 1.165) is 5.56 Å². The summed E-state index contributed by atoms with van der Waals surface area (Å²) in [5.41, 5.74) is 8.18. The van der Waals surface area contributed by atoms with Crippen molar-refractivity contribution in [3.05, 3.63) is 53.6 Å². The molecular weight excluding hydrogens is 266 g/mol. The number of benzene rings is 2. The highest BCUT2D eigenvalue weighted by Crippen LogP contribution is 2.20. The highest BCUT2D eigenvalue weighted by atomic mass is 16.5. The quantitative estimate of drug-likeness (QED) is 0.843. The average molecular weight is 281 g/mol. The number of nitrogens with one attached hydrogen (secondary N) is 1. The van der Waals surface area contributed by atoms with Crippen molar-refractivity contribution in [1.29, 1.82) is 5.26 Å². The second-order valence-corrected chi connectivity index (χ2v) is 4.57. The van der Waals surface area contributed by atoms with Crippen LogP contribution in [0.4, 0.5) is 11.4 Å². The zero-order chi connectivity index (χ0) is 15.2. The molecule has 5 heteroatoms. The first kappa shape index (κ1) is 14.4. The number of hydrogen-bond acceptors (Lipinski definition) is 4. The molecule has 2 rings (SSSR count). The molecule has 1 amide bonds. The van der Waals surface area contributed by atoms with Gasteiger partial charge in [0.25, 0.3) is 5.91 Å². The molecule has 0 atom stereocenters. The van der Waals surface area contributed by atoms with E-state index in [4.69, 9.17) is 15.7 Å². The van der Waals surface area contributed by atoms with Crippen molar-refractivity contribution in [1.82, 2.24) is 0 Å². The molecule has 106 valence electrons. The van der Waals surface area contributed by atoms with E-state index in [1.54, 1.807) is 12.1 Å². The first-order valence-corrected chi connectivity index (χ1v) is 6.37. The predicted octanol–water partition coefficient (Wildman–Crippen LogP) is 2.47. The van der Waals surface area contributed by atoms with Gasteiger partial charge in [0.1, 0.15) is 11.8 Å². The molecular formula is C16H15N3O2. The van der Waals surface area contributed by atoms with Crippen LogP contribution in [-0.4, -0.2) is 12.5 Å². The molecule has 0 aromatic heterocycles. The lowest BCUT2D eigenvalue weighted by Gasteiger charge is -2.09. The van der Waals surface area contributed by atoms with Crippen molar-refractivity contribution >= 4 is 17.3 Å².